The Labute approximate surface area is 169 Å². The third-order valence-electron chi connectivity index (χ3n) is 4.48. The molecule has 9 heteroatoms. The van der Waals surface area contributed by atoms with Crippen molar-refractivity contribution in [2.75, 3.05) is 18.9 Å². The van der Waals surface area contributed by atoms with Crippen LogP contribution in [0.4, 0.5) is 10.1 Å². The van der Waals surface area contributed by atoms with E-state index < -0.39 is 27.9 Å². The quantitative estimate of drug-likeness (QED) is 0.778. The predicted molar refractivity (Wildman–Crippen MR) is 108 cm³/mol. The van der Waals surface area contributed by atoms with E-state index in [1.54, 1.807) is 6.92 Å². The molecule has 1 N–H and O–H groups in total. The molecule has 1 unspecified atom stereocenters. The summed E-state index contributed by atoms with van der Waals surface area (Å²) < 4.78 is 47.2. The second-order valence-corrected chi connectivity index (χ2v) is 8.34. The van der Waals surface area contributed by atoms with E-state index in [0.717, 1.165) is 13.0 Å². The lowest BCUT2D eigenvalue weighted by Gasteiger charge is -2.15. The van der Waals surface area contributed by atoms with E-state index in [4.69, 9.17) is 4.74 Å². The predicted octanol–water partition coefficient (Wildman–Crippen LogP) is 3.04. The summed E-state index contributed by atoms with van der Waals surface area (Å²) >= 11 is 0. The molecule has 29 heavy (non-hydrogen) atoms. The van der Waals surface area contributed by atoms with Gasteiger partial charge in [0, 0.05) is 25.7 Å². The van der Waals surface area contributed by atoms with Gasteiger partial charge in [-0.05, 0) is 61.9 Å². The number of carbonyl (C=O) groups is 1. The molecule has 1 amide bonds. The summed E-state index contributed by atoms with van der Waals surface area (Å²) in [6.45, 7) is 2.35. The molecule has 0 spiro atoms. The van der Waals surface area contributed by atoms with Crippen molar-refractivity contribution >= 4 is 27.5 Å². The molecule has 0 aliphatic carbocycles. The maximum atomic E-state index is 12.9. The van der Waals surface area contributed by atoms with Gasteiger partial charge in [0.05, 0.1) is 4.90 Å². The van der Waals surface area contributed by atoms with Crippen molar-refractivity contribution in [2.45, 2.75) is 30.8 Å². The van der Waals surface area contributed by atoms with Crippen molar-refractivity contribution in [3.63, 3.8) is 0 Å². The Morgan fingerprint density at radius 2 is 1.83 bits per heavy atom. The highest BCUT2D eigenvalue weighted by atomic mass is 32.2. The van der Waals surface area contributed by atoms with Gasteiger partial charge in [-0.25, -0.2) is 4.39 Å². The molecule has 1 atom stereocenters. The molecule has 0 bridgehead atoms. The van der Waals surface area contributed by atoms with Crippen molar-refractivity contribution in [3.8, 4) is 5.75 Å². The van der Waals surface area contributed by atoms with Crippen LogP contribution in [-0.2, 0) is 14.8 Å². The Morgan fingerprint density at radius 1 is 1.17 bits per heavy atom. The number of likely N-dealkylation sites (tertiary alicyclic amines) is 1. The molecule has 1 aliphatic heterocycles. The minimum atomic E-state index is -3.80. The number of nitrogens with one attached hydrogen (secondary N) is 1. The molecular formula is C20H22FN3O4S. The van der Waals surface area contributed by atoms with E-state index in [-0.39, 0.29) is 4.90 Å². The number of halogens is 1. The van der Waals surface area contributed by atoms with Crippen LogP contribution in [0, 0.1) is 5.82 Å². The zero-order chi connectivity index (χ0) is 21.0. The zero-order valence-electron chi connectivity index (χ0n) is 16.1. The van der Waals surface area contributed by atoms with Crippen LogP contribution >= 0.6 is 0 Å². The monoisotopic (exact) mass is 419 g/mol. The van der Waals surface area contributed by atoms with Crippen LogP contribution in [0.15, 0.2) is 57.8 Å². The first-order valence-electron chi connectivity index (χ1n) is 9.13. The molecule has 0 aromatic heterocycles. The summed E-state index contributed by atoms with van der Waals surface area (Å²) in [5.74, 6) is 0.104. The fourth-order valence-corrected chi connectivity index (χ4v) is 3.92. The molecule has 154 valence electrons. The summed E-state index contributed by atoms with van der Waals surface area (Å²) in [7, 11) is -1.99. The van der Waals surface area contributed by atoms with Crippen LogP contribution in [-0.4, -0.2) is 44.8 Å². The molecule has 0 radical (unpaired) electrons. The zero-order valence-corrected chi connectivity index (χ0v) is 16.9. The van der Waals surface area contributed by atoms with Crippen molar-refractivity contribution in [1.29, 1.82) is 0 Å². The topological polar surface area (TPSA) is 88.1 Å². The van der Waals surface area contributed by atoms with E-state index in [2.05, 4.69) is 9.71 Å². The van der Waals surface area contributed by atoms with Crippen molar-refractivity contribution in [1.82, 2.24) is 4.90 Å². The van der Waals surface area contributed by atoms with Gasteiger partial charge < -0.3 is 15.0 Å². The van der Waals surface area contributed by atoms with Crippen molar-refractivity contribution in [2.24, 2.45) is 4.40 Å². The number of rotatable bonds is 6. The third kappa shape index (κ3) is 5.32. The fraction of sp³-hybridized carbons (Fsp3) is 0.300. The number of hydrogen-bond acceptors (Lipinski definition) is 4. The molecule has 3 rings (SSSR count). The van der Waals surface area contributed by atoms with Gasteiger partial charge in [0.1, 0.15) is 17.4 Å². The highest BCUT2D eigenvalue weighted by Gasteiger charge is 2.20. The standard InChI is InChI=1S/C20H22FN3O4S/c1-14(28-17-9-5-15(21)6-10-17)20(25)22-16-7-11-18(12-8-16)29(26,27)23-19-4-3-13-24(19)2/h5-12,14H,3-4,13H2,1-2H3,(H,22,25). The minimum Gasteiger partial charge on any atom is -0.481 e. The SMILES string of the molecule is CC(Oc1ccc(F)cc1)C(=O)Nc1ccc(S(=O)(=O)N=C2CCCN2C)cc1. The molecule has 1 heterocycles. The second kappa shape index (κ2) is 8.60. The van der Waals surface area contributed by atoms with Gasteiger partial charge in [0.2, 0.25) is 0 Å². The molecule has 0 saturated carbocycles. The highest BCUT2D eigenvalue weighted by molar-refractivity contribution is 7.90. The largest absolute Gasteiger partial charge is 0.481 e. The first-order chi connectivity index (χ1) is 13.7. The Hall–Kier alpha value is -2.94. The van der Waals surface area contributed by atoms with Crippen molar-refractivity contribution < 1.29 is 22.3 Å². The number of hydrogen-bond donors (Lipinski definition) is 1. The lowest BCUT2D eigenvalue weighted by molar-refractivity contribution is -0.122. The molecule has 2 aromatic rings. The summed E-state index contributed by atoms with van der Waals surface area (Å²) in [5.41, 5.74) is 0.425. The van der Waals surface area contributed by atoms with Crippen LogP contribution in [0.25, 0.3) is 0 Å². The van der Waals surface area contributed by atoms with E-state index >= 15 is 0 Å². The molecule has 1 saturated heterocycles. The van der Waals surface area contributed by atoms with Crippen LogP contribution in [0.3, 0.4) is 0 Å². The number of amidine groups is 1. The Bertz CT molecular complexity index is 1010. The Morgan fingerprint density at radius 3 is 2.41 bits per heavy atom. The minimum absolute atomic E-state index is 0.0545. The summed E-state index contributed by atoms with van der Waals surface area (Å²) in [5, 5.41) is 2.66. The van der Waals surface area contributed by atoms with Gasteiger partial charge in [0.25, 0.3) is 15.9 Å². The number of ether oxygens (including phenoxy) is 1. The van der Waals surface area contributed by atoms with E-state index in [9.17, 15) is 17.6 Å². The van der Waals surface area contributed by atoms with Gasteiger partial charge in [-0.1, -0.05) is 0 Å². The van der Waals surface area contributed by atoms with Crippen LogP contribution in [0.1, 0.15) is 19.8 Å². The number of benzene rings is 2. The molecule has 2 aromatic carbocycles. The maximum Gasteiger partial charge on any atom is 0.283 e. The van der Waals surface area contributed by atoms with Gasteiger partial charge in [-0.3, -0.25) is 4.79 Å². The van der Waals surface area contributed by atoms with Gasteiger partial charge in [-0.2, -0.15) is 8.42 Å². The van der Waals surface area contributed by atoms with E-state index in [1.165, 1.54) is 48.5 Å². The number of amides is 1. The molecule has 1 fully saturated rings. The lowest BCUT2D eigenvalue weighted by Crippen LogP contribution is -2.30. The summed E-state index contributed by atoms with van der Waals surface area (Å²) in [4.78, 5) is 14.2. The average Bonchev–Trinajstić information content (AvgIpc) is 3.08. The van der Waals surface area contributed by atoms with Crippen LogP contribution in [0.5, 0.6) is 5.75 Å². The van der Waals surface area contributed by atoms with Gasteiger partial charge >= 0.3 is 0 Å². The van der Waals surface area contributed by atoms with Gasteiger partial charge in [-0.15, -0.1) is 4.40 Å². The van der Waals surface area contributed by atoms with Crippen LogP contribution < -0.4 is 10.1 Å². The maximum absolute atomic E-state index is 12.9. The highest BCUT2D eigenvalue weighted by Crippen LogP contribution is 2.20. The molecule has 1 aliphatic rings. The first-order valence-corrected chi connectivity index (χ1v) is 10.6. The number of anilines is 1. The Kier molecular flexibility index (Phi) is 6.17. The summed E-state index contributed by atoms with van der Waals surface area (Å²) in [6, 6.07) is 11.1. The third-order valence-corrected chi connectivity index (χ3v) is 5.79. The van der Waals surface area contributed by atoms with Crippen molar-refractivity contribution in [3.05, 3.63) is 54.3 Å². The number of sulfonamides is 1. The smallest absolute Gasteiger partial charge is 0.283 e. The number of nitrogens with zero attached hydrogens (tertiary/aromatic N) is 2. The van der Waals surface area contributed by atoms with E-state index in [0.29, 0.717) is 23.7 Å². The Balaban J connectivity index is 1.63. The van der Waals surface area contributed by atoms with Gasteiger partial charge in [0.15, 0.2) is 6.10 Å². The lowest BCUT2D eigenvalue weighted by atomic mass is 10.3. The van der Waals surface area contributed by atoms with Crippen LogP contribution in [0.2, 0.25) is 0 Å². The fourth-order valence-electron chi connectivity index (χ4n) is 2.83. The normalized spacial score (nSPS) is 16.7. The van der Waals surface area contributed by atoms with E-state index in [1.807, 2.05) is 11.9 Å². The summed E-state index contributed by atoms with van der Waals surface area (Å²) in [6.07, 6.45) is 0.692. The average molecular weight is 419 g/mol. The molecular weight excluding hydrogens is 397 g/mol. The second-order valence-electron chi connectivity index (χ2n) is 6.74. The number of carbonyl (C=O) groups excluding carboxylic acids is 1. The molecule has 7 nitrogen and oxygen atoms in total. The first kappa shape index (κ1) is 20.8.